The topological polar surface area (TPSA) is 127 Å². The van der Waals surface area contributed by atoms with E-state index in [2.05, 4.69) is 30.1 Å². The Bertz CT molecular complexity index is 694. The molecule has 2 heterocycles. The van der Waals surface area contributed by atoms with Crippen LogP contribution in [0.1, 0.15) is 28.5 Å². The lowest BCUT2D eigenvalue weighted by molar-refractivity contribution is 0.0602. The lowest BCUT2D eigenvalue weighted by Crippen LogP contribution is -2.28. The van der Waals surface area contributed by atoms with Gasteiger partial charge in [0.15, 0.2) is 5.82 Å². The van der Waals surface area contributed by atoms with E-state index in [1.807, 2.05) is 0 Å². The molecule has 2 aromatic heterocycles. The van der Waals surface area contributed by atoms with Gasteiger partial charge in [-0.2, -0.15) is 5.21 Å². The summed E-state index contributed by atoms with van der Waals surface area (Å²) in [6.07, 6.45) is 0. The second kappa shape index (κ2) is 5.64. The van der Waals surface area contributed by atoms with Gasteiger partial charge in [0.05, 0.1) is 13.2 Å². The van der Waals surface area contributed by atoms with Gasteiger partial charge in [0.2, 0.25) is 10.0 Å². The SMILES string of the molecule is COC(=O)c1sccc1S(=O)(=O)NC(C)c1nn[nH]n1. The van der Waals surface area contributed by atoms with Gasteiger partial charge in [0.1, 0.15) is 9.77 Å². The maximum atomic E-state index is 12.2. The Morgan fingerprint density at radius 3 is 2.90 bits per heavy atom. The van der Waals surface area contributed by atoms with E-state index in [-0.39, 0.29) is 15.6 Å². The van der Waals surface area contributed by atoms with E-state index in [0.717, 1.165) is 11.3 Å². The van der Waals surface area contributed by atoms with E-state index >= 15 is 0 Å². The molecule has 2 rings (SSSR count). The van der Waals surface area contributed by atoms with Crippen molar-refractivity contribution >= 4 is 27.3 Å². The molecule has 0 spiro atoms. The molecule has 20 heavy (non-hydrogen) atoms. The van der Waals surface area contributed by atoms with Gasteiger partial charge in [-0.1, -0.05) is 5.21 Å². The number of nitrogens with zero attached hydrogens (tertiary/aromatic N) is 3. The molecule has 0 aromatic carbocycles. The Balaban J connectivity index is 2.27. The van der Waals surface area contributed by atoms with Gasteiger partial charge >= 0.3 is 5.97 Å². The minimum Gasteiger partial charge on any atom is -0.465 e. The van der Waals surface area contributed by atoms with E-state index in [1.165, 1.54) is 18.6 Å². The number of ether oxygens (including phenoxy) is 1. The number of methoxy groups -OCH3 is 1. The third-order valence-electron chi connectivity index (χ3n) is 2.37. The van der Waals surface area contributed by atoms with Gasteiger partial charge in [-0.3, -0.25) is 0 Å². The Labute approximate surface area is 118 Å². The number of sulfonamides is 1. The van der Waals surface area contributed by atoms with Crippen molar-refractivity contribution in [1.29, 1.82) is 0 Å². The van der Waals surface area contributed by atoms with E-state index in [1.54, 1.807) is 6.92 Å². The average Bonchev–Trinajstić information content (AvgIpc) is 3.08. The number of carbonyl (C=O) groups excluding carboxylic acids is 1. The molecule has 0 bridgehead atoms. The zero-order valence-electron chi connectivity index (χ0n) is 10.5. The van der Waals surface area contributed by atoms with Gasteiger partial charge in [-0.15, -0.1) is 21.5 Å². The summed E-state index contributed by atoms with van der Waals surface area (Å²) in [6, 6.07) is 0.645. The van der Waals surface area contributed by atoms with Crippen LogP contribution in [0.2, 0.25) is 0 Å². The molecule has 1 unspecified atom stereocenters. The standard InChI is InChI=1S/C9H11N5O4S2/c1-5(8-10-13-14-11-8)12-20(16,17)6-3-4-19-7(6)9(15)18-2/h3-5,12H,1-2H3,(H,10,11,13,14). The number of aromatic nitrogens is 4. The fraction of sp³-hybridized carbons (Fsp3) is 0.333. The third-order valence-corrected chi connectivity index (χ3v) is 4.98. The van der Waals surface area contributed by atoms with E-state index in [4.69, 9.17) is 0 Å². The molecule has 108 valence electrons. The molecule has 9 nitrogen and oxygen atoms in total. The van der Waals surface area contributed by atoms with Gasteiger partial charge < -0.3 is 4.74 Å². The first kappa shape index (κ1) is 14.6. The number of rotatable bonds is 5. The number of H-pyrrole nitrogens is 1. The highest BCUT2D eigenvalue weighted by Crippen LogP contribution is 2.24. The average molecular weight is 317 g/mol. The number of carbonyl (C=O) groups is 1. The van der Waals surface area contributed by atoms with Crippen LogP contribution < -0.4 is 4.72 Å². The van der Waals surface area contributed by atoms with Crippen molar-refractivity contribution in [3.63, 3.8) is 0 Å². The molecule has 0 aliphatic heterocycles. The molecule has 0 aliphatic rings. The van der Waals surface area contributed by atoms with Crippen LogP contribution in [-0.2, 0) is 14.8 Å². The number of hydrogen-bond donors (Lipinski definition) is 2. The summed E-state index contributed by atoms with van der Waals surface area (Å²) >= 11 is 0.990. The smallest absolute Gasteiger partial charge is 0.349 e. The van der Waals surface area contributed by atoms with Crippen LogP contribution in [0.15, 0.2) is 16.3 Å². The van der Waals surface area contributed by atoms with Gasteiger partial charge in [0, 0.05) is 0 Å². The Hall–Kier alpha value is -1.85. The molecular weight excluding hydrogens is 306 g/mol. The van der Waals surface area contributed by atoms with Gasteiger partial charge in [-0.25, -0.2) is 17.9 Å². The van der Waals surface area contributed by atoms with Crippen molar-refractivity contribution in [3.05, 3.63) is 22.1 Å². The largest absolute Gasteiger partial charge is 0.465 e. The summed E-state index contributed by atoms with van der Waals surface area (Å²) in [5, 5.41) is 14.5. The predicted octanol–water partition coefficient (Wildman–Crippen LogP) is 0.0873. The summed E-state index contributed by atoms with van der Waals surface area (Å²) < 4.78 is 31.4. The summed E-state index contributed by atoms with van der Waals surface area (Å²) in [5.41, 5.74) is 0. The Kier molecular flexibility index (Phi) is 4.11. The van der Waals surface area contributed by atoms with Crippen LogP contribution in [0.4, 0.5) is 0 Å². The van der Waals surface area contributed by atoms with Crippen LogP contribution in [-0.4, -0.2) is 42.1 Å². The van der Waals surface area contributed by atoms with Gasteiger partial charge in [-0.05, 0) is 18.4 Å². The first-order chi connectivity index (χ1) is 9.45. The lowest BCUT2D eigenvalue weighted by atomic mass is 10.4. The lowest BCUT2D eigenvalue weighted by Gasteiger charge is -2.10. The fourth-order valence-electron chi connectivity index (χ4n) is 1.45. The highest BCUT2D eigenvalue weighted by molar-refractivity contribution is 7.89. The molecule has 0 aliphatic carbocycles. The van der Waals surface area contributed by atoms with Crippen molar-refractivity contribution in [1.82, 2.24) is 25.3 Å². The molecule has 2 N–H and O–H groups in total. The fourth-order valence-corrected chi connectivity index (χ4v) is 3.99. The number of nitrogens with one attached hydrogen (secondary N) is 2. The first-order valence-electron chi connectivity index (χ1n) is 5.37. The molecule has 0 saturated heterocycles. The first-order valence-corrected chi connectivity index (χ1v) is 7.73. The van der Waals surface area contributed by atoms with Crippen LogP contribution in [0.3, 0.4) is 0 Å². The Morgan fingerprint density at radius 2 is 2.30 bits per heavy atom. The van der Waals surface area contributed by atoms with Crippen molar-refractivity contribution in [2.75, 3.05) is 7.11 Å². The quantitative estimate of drug-likeness (QED) is 0.748. The minimum absolute atomic E-state index is 0.0142. The molecule has 2 aromatic rings. The minimum atomic E-state index is -3.89. The van der Waals surface area contributed by atoms with Crippen LogP contribution >= 0.6 is 11.3 Å². The summed E-state index contributed by atoms with van der Waals surface area (Å²) in [6.45, 7) is 1.56. The number of tetrazole rings is 1. The highest BCUT2D eigenvalue weighted by Gasteiger charge is 2.27. The van der Waals surface area contributed by atoms with Crippen molar-refractivity contribution in [2.45, 2.75) is 17.9 Å². The maximum Gasteiger partial charge on any atom is 0.349 e. The third kappa shape index (κ3) is 2.84. The Morgan fingerprint density at radius 1 is 1.55 bits per heavy atom. The maximum absolute atomic E-state index is 12.2. The zero-order valence-corrected chi connectivity index (χ0v) is 12.2. The number of hydrogen-bond acceptors (Lipinski definition) is 8. The summed E-state index contributed by atoms with van der Waals surface area (Å²) in [5.74, 6) is -0.504. The van der Waals surface area contributed by atoms with E-state index in [9.17, 15) is 13.2 Å². The van der Waals surface area contributed by atoms with E-state index in [0.29, 0.717) is 0 Å². The normalized spacial score (nSPS) is 13.1. The van der Waals surface area contributed by atoms with Gasteiger partial charge in [0.25, 0.3) is 0 Å². The molecule has 1 atom stereocenters. The number of esters is 1. The molecule has 0 amide bonds. The number of aromatic amines is 1. The van der Waals surface area contributed by atoms with Crippen LogP contribution in [0, 0.1) is 0 Å². The number of thiophene rings is 1. The molecule has 11 heteroatoms. The monoisotopic (exact) mass is 317 g/mol. The molecule has 0 fully saturated rings. The van der Waals surface area contributed by atoms with Crippen LogP contribution in [0.25, 0.3) is 0 Å². The molecular formula is C9H11N5O4S2. The zero-order chi connectivity index (χ0) is 14.8. The molecule has 0 radical (unpaired) electrons. The summed E-state index contributed by atoms with van der Waals surface area (Å²) in [7, 11) is -2.70. The highest BCUT2D eigenvalue weighted by atomic mass is 32.2. The summed E-state index contributed by atoms with van der Waals surface area (Å²) in [4.78, 5) is 11.4. The van der Waals surface area contributed by atoms with Crippen molar-refractivity contribution in [2.24, 2.45) is 0 Å². The molecule has 0 saturated carbocycles. The van der Waals surface area contributed by atoms with Crippen molar-refractivity contribution in [3.8, 4) is 0 Å². The van der Waals surface area contributed by atoms with Crippen molar-refractivity contribution < 1.29 is 17.9 Å². The predicted molar refractivity (Wildman–Crippen MR) is 68.6 cm³/mol. The van der Waals surface area contributed by atoms with E-state index < -0.39 is 22.0 Å². The second-order valence-electron chi connectivity index (χ2n) is 3.72. The van der Waals surface area contributed by atoms with Crippen LogP contribution in [0.5, 0.6) is 0 Å². The second-order valence-corrected chi connectivity index (χ2v) is 6.32.